The molecule has 7 nitrogen and oxygen atoms in total. The van der Waals surface area contributed by atoms with E-state index in [0.717, 1.165) is 21.4 Å². The molecule has 1 aliphatic rings. The fourth-order valence-electron chi connectivity index (χ4n) is 4.13. The number of urea groups is 1. The lowest BCUT2D eigenvalue weighted by Gasteiger charge is -2.26. The van der Waals surface area contributed by atoms with Crippen LogP contribution < -0.4 is 10.1 Å². The molecule has 1 N–H and O–H groups in total. The minimum absolute atomic E-state index is 0.0694. The molecule has 1 aromatic heterocycles. The number of halogens is 1. The highest BCUT2D eigenvalue weighted by Gasteiger charge is 2.35. The van der Waals surface area contributed by atoms with E-state index < -0.39 is 17.8 Å². The number of benzene rings is 3. The summed E-state index contributed by atoms with van der Waals surface area (Å²) in [6.07, 6.45) is 3.42. The Kier molecular flexibility index (Phi) is 6.56. The van der Waals surface area contributed by atoms with E-state index >= 15 is 0 Å². The van der Waals surface area contributed by atoms with Crippen LogP contribution in [0.3, 0.4) is 0 Å². The van der Waals surface area contributed by atoms with E-state index in [9.17, 15) is 14.4 Å². The van der Waals surface area contributed by atoms with Crippen LogP contribution in [0.25, 0.3) is 17.0 Å². The van der Waals surface area contributed by atoms with Crippen LogP contribution in [0, 0.1) is 0 Å². The van der Waals surface area contributed by atoms with Gasteiger partial charge in [0.1, 0.15) is 17.9 Å². The molecule has 0 spiro atoms. The first-order chi connectivity index (χ1) is 17.5. The van der Waals surface area contributed by atoms with Gasteiger partial charge in [-0.1, -0.05) is 60.1 Å². The fourth-order valence-corrected chi connectivity index (χ4v) is 4.25. The summed E-state index contributed by atoms with van der Waals surface area (Å²) in [7, 11) is 0. The third-order valence-corrected chi connectivity index (χ3v) is 6.16. The second-order valence-corrected chi connectivity index (χ2v) is 8.73. The Morgan fingerprint density at radius 3 is 2.39 bits per heavy atom. The van der Waals surface area contributed by atoms with E-state index in [1.807, 2.05) is 77.5 Å². The van der Waals surface area contributed by atoms with Gasteiger partial charge in [0.05, 0.1) is 13.1 Å². The van der Waals surface area contributed by atoms with Crippen molar-refractivity contribution >= 4 is 46.4 Å². The monoisotopic (exact) mass is 499 g/mol. The van der Waals surface area contributed by atoms with Crippen LogP contribution >= 0.6 is 11.6 Å². The number of rotatable bonds is 7. The van der Waals surface area contributed by atoms with Crippen molar-refractivity contribution in [3.05, 3.63) is 107 Å². The van der Waals surface area contributed by atoms with E-state index in [2.05, 4.69) is 5.32 Å². The molecule has 3 aromatic carbocycles. The van der Waals surface area contributed by atoms with Crippen molar-refractivity contribution in [2.24, 2.45) is 0 Å². The number of imide groups is 2. The van der Waals surface area contributed by atoms with Crippen molar-refractivity contribution in [1.29, 1.82) is 0 Å². The summed E-state index contributed by atoms with van der Waals surface area (Å²) >= 11 is 5.93. The van der Waals surface area contributed by atoms with Gasteiger partial charge in [-0.15, -0.1) is 0 Å². The molecule has 8 heteroatoms. The first kappa shape index (κ1) is 23.4. The molecule has 0 aliphatic carbocycles. The number of carbonyl (C=O) groups is 3. The molecule has 5 rings (SSSR count). The number of nitrogens with one attached hydrogen (secondary N) is 1. The van der Waals surface area contributed by atoms with Crippen LogP contribution in [0.4, 0.5) is 4.79 Å². The molecular weight excluding hydrogens is 478 g/mol. The van der Waals surface area contributed by atoms with Crippen LogP contribution in [0.1, 0.15) is 11.1 Å². The second kappa shape index (κ2) is 10.1. The maximum Gasteiger partial charge on any atom is 0.331 e. The lowest BCUT2D eigenvalue weighted by molar-refractivity contribution is -0.130. The van der Waals surface area contributed by atoms with Crippen molar-refractivity contribution in [1.82, 2.24) is 14.8 Å². The van der Waals surface area contributed by atoms with Crippen molar-refractivity contribution in [3.8, 4) is 5.75 Å². The third kappa shape index (κ3) is 4.87. The van der Waals surface area contributed by atoms with Crippen LogP contribution in [0.2, 0.25) is 5.02 Å². The highest BCUT2D eigenvalue weighted by Crippen LogP contribution is 2.26. The quantitative estimate of drug-likeness (QED) is 0.285. The summed E-state index contributed by atoms with van der Waals surface area (Å²) in [5, 5.41) is 3.80. The Balaban J connectivity index is 1.41. The topological polar surface area (TPSA) is 80.6 Å². The average Bonchev–Trinajstić information content (AvgIpc) is 3.23. The molecule has 0 bridgehead atoms. The van der Waals surface area contributed by atoms with Gasteiger partial charge in [0.25, 0.3) is 11.8 Å². The highest BCUT2D eigenvalue weighted by molar-refractivity contribution is 6.31. The number of amides is 4. The van der Waals surface area contributed by atoms with E-state index in [0.29, 0.717) is 29.5 Å². The SMILES string of the molecule is O=C1NC(=O)N(Cc2ccccc2)C(=O)/C1=C/c1cn(CCOc2ccc(Cl)cc2)c2ccccc12. The molecule has 1 saturated heterocycles. The highest BCUT2D eigenvalue weighted by atomic mass is 35.5. The smallest absolute Gasteiger partial charge is 0.331 e. The molecule has 1 aliphatic heterocycles. The van der Waals surface area contributed by atoms with Crippen LogP contribution in [-0.2, 0) is 22.7 Å². The van der Waals surface area contributed by atoms with Gasteiger partial charge in [0.2, 0.25) is 0 Å². The molecule has 0 radical (unpaired) electrons. The van der Waals surface area contributed by atoms with Gasteiger partial charge in [-0.3, -0.25) is 19.8 Å². The Hall–Kier alpha value is -4.36. The summed E-state index contributed by atoms with van der Waals surface area (Å²) in [4.78, 5) is 39.3. The standard InChI is InChI=1S/C28H22ClN3O4/c29-21-10-12-22(13-11-21)36-15-14-31-18-20(23-8-4-5-9-25(23)31)16-24-26(33)30-28(35)32(27(24)34)17-19-6-2-1-3-7-19/h1-13,16,18H,14-15,17H2,(H,30,33,35)/b24-16+. The minimum atomic E-state index is -0.729. The fraction of sp³-hybridized carbons (Fsp3) is 0.107. The van der Waals surface area contributed by atoms with Crippen molar-refractivity contribution < 1.29 is 19.1 Å². The lowest BCUT2D eigenvalue weighted by Crippen LogP contribution is -2.53. The number of aromatic nitrogens is 1. The van der Waals surface area contributed by atoms with Crippen LogP contribution in [0.5, 0.6) is 5.75 Å². The van der Waals surface area contributed by atoms with Crippen LogP contribution in [0.15, 0.2) is 90.6 Å². The van der Waals surface area contributed by atoms with E-state index in [-0.39, 0.29) is 12.1 Å². The van der Waals surface area contributed by atoms with E-state index in [4.69, 9.17) is 16.3 Å². The Labute approximate surface area is 212 Å². The summed E-state index contributed by atoms with van der Waals surface area (Å²) in [5.41, 5.74) is 2.33. The summed E-state index contributed by atoms with van der Waals surface area (Å²) in [5.74, 6) is -0.626. The first-order valence-electron chi connectivity index (χ1n) is 11.4. The zero-order valence-corrected chi connectivity index (χ0v) is 19.9. The van der Waals surface area contributed by atoms with Gasteiger partial charge >= 0.3 is 6.03 Å². The number of barbiturate groups is 1. The number of ether oxygens (including phenoxy) is 1. The van der Waals surface area contributed by atoms with Gasteiger partial charge < -0.3 is 9.30 Å². The van der Waals surface area contributed by atoms with Gasteiger partial charge in [-0.05, 0) is 42.0 Å². The Bertz CT molecular complexity index is 1480. The zero-order chi connectivity index (χ0) is 25.1. The molecule has 4 amide bonds. The normalized spacial score (nSPS) is 15.0. The van der Waals surface area contributed by atoms with Crippen LogP contribution in [-0.4, -0.2) is 33.9 Å². The van der Waals surface area contributed by atoms with E-state index in [1.54, 1.807) is 18.2 Å². The first-order valence-corrected chi connectivity index (χ1v) is 11.8. The predicted molar refractivity (Wildman–Crippen MR) is 137 cm³/mol. The Morgan fingerprint density at radius 2 is 1.61 bits per heavy atom. The summed E-state index contributed by atoms with van der Waals surface area (Å²) < 4.78 is 7.84. The second-order valence-electron chi connectivity index (χ2n) is 8.29. The molecule has 0 unspecified atom stereocenters. The van der Waals surface area contributed by atoms with Gasteiger partial charge in [0.15, 0.2) is 0 Å². The lowest BCUT2D eigenvalue weighted by atomic mass is 10.1. The molecule has 2 heterocycles. The van der Waals surface area contributed by atoms with Crippen molar-refractivity contribution in [3.63, 3.8) is 0 Å². The summed E-state index contributed by atoms with van der Waals surface area (Å²) in [6, 6.07) is 23.3. The maximum absolute atomic E-state index is 13.2. The van der Waals surface area contributed by atoms with E-state index in [1.165, 1.54) is 0 Å². The molecule has 0 atom stereocenters. The zero-order valence-electron chi connectivity index (χ0n) is 19.2. The molecule has 180 valence electrons. The number of fused-ring (bicyclic) bond motifs is 1. The van der Waals surface area contributed by atoms with Gasteiger partial charge in [-0.2, -0.15) is 0 Å². The molecule has 0 saturated carbocycles. The molecule has 36 heavy (non-hydrogen) atoms. The average molecular weight is 500 g/mol. The molecule has 1 fully saturated rings. The maximum atomic E-state index is 13.2. The predicted octanol–water partition coefficient (Wildman–Crippen LogP) is 5.04. The van der Waals surface area contributed by atoms with Gasteiger partial charge in [-0.25, -0.2) is 4.79 Å². The van der Waals surface area contributed by atoms with Crippen molar-refractivity contribution in [2.75, 3.05) is 6.61 Å². The summed E-state index contributed by atoms with van der Waals surface area (Å²) in [6.45, 7) is 1.03. The van der Waals surface area contributed by atoms with Crippen molar-refractivity contribution in [2.45, 2.75) is 13.1 Å². The largest absolute Gasteiger partial charge is 0.492 e. The molecule has 4 aromatic rings. The van der Waals surface area contributed by atoms with Gasteiger partial charge in [0, 0.05) is 27.7 Å². The number of hydrogen-bond acceptors (Lipinski definition) is 4. The minimum Gasteiger partial charge on any atom is -0.492 e. The molecular formula is C28H22ClN3O4. The number of para-hydroxylation sites is 1. The number of hydrogen-bond donors (Lipinski definition) is 1. The number of nitrogens with zero attached hydrogens (tertiary/aromatic N) is 2. The Morgan fingerprint density at radius 1 is 0.889 bits per heavy atom. The number of carbonyl (C=O) groups excluding carboxylic acids is 3. The third-order valence-electron chi connectivity index (χ3n) is 5.90.